The lowest BCUT2D eigenvalue weighted by Gasteiger charge is -2.04. The summed E-state index contributed by atoms with van der Waals surface area (Å²) in [5, 5.41) is 0. The lowest BCUT2D eigenvalue weighted by atomic mass is 10.2. The quantitative estimate of drug-likeness (QED) is 0.725. The van der Waals surface area contributed by atoms with Gasteiger partial charge in [-0.05, 0) is 42.0 Å². The number of benzene rings is 3. The Labute approximate surface area is 136 Å². The number of carbonyl (C=O) groups excluding carboxylic acids is 1. The number of ether oxygens (including phenoxy) is 1. The van der Waals surface area contributed by atoms with E-state index in [0.717, 1.165) is 17.8 Å². The van der Waals surface area contributed by atoms with Crippen molar-refractivity contribution in [3.63, 3.8) is 0 Å². The Morgan fingerprint density at radius 1 is 0.739 bits per heavy atom. The van der Waals surface area contributed by atoms with Crippen molar-refractivity contribution in [3.05, 3.63) is 96.1 Å². The Kier molecular flexibility index (Phi) is 6.57. The smallest absolute Gasteiger partial charge is 0.150 e. The molecule has 0 bridgehead atoms. The molecule has 0 heterocycles. The van der Waals surface area contributed by atoms with Crippen molar-refractivity contribution in [2.24, 2.45) is 5.73 Å². The van der Waals surface area contributed by atoms with Gasteiger partial charge in [0.05, 0.1) is 0 Å². The van der Waals surface area contributed by atoms with Gasteiger partial charge in [-0.2, -0.15) is 0 Å². The third kappa shape index (κ3) is 5.77. The van der Waals surface area contributed by atoms with E-state index in [1.807, 2.05) is 60.7 Å². The molecule has 0 spiro atoms. The van der Waals surface area contributed by atoms with E-state index >= 15 is 0 Å². The van der Waals surface area contributed by atoms with E-state index in [1.54, 1.807) is 24.3 Å². The number of para-hydroxylation sites is 1. The summed E-state index contributed by atoms with van der Waals surface area (Å²) in [6, 6.07) is 26.5. The van der Waals surface area contributed by atoms with Gasteiger partial charge < -0.3 is 10.5 Å². The van der Waals surface area contributed by atoms with Crippen molar-refractivity contribution in [2.45, 2.75) is 6.54 Å². The van der Waals surface area contributed by atoms with Crippen molar-refractivity contribution in [2.75, 3.05) is 0 Å². The zero-order chi connectivity index (χ0) is 16.3. The number of aldehydes is 1. The van der Waals surface area contributed by atoms with Gasteiger partial charge in [-0.3, -0.25) is 4.79 Å². The van der Waals surface area contributed by atoms with E-state index in [1.165, 1.54) is 5.56 Å². The highest BCUT2D eigenvalue weighted by Crippen LogP contribution is 2.20. The molecular weight excluding hydrogens is 286 g/mol. The molecule has 3 aromatic rings. The molecule has 0 radical (unpaired) electrons. The zero-order valence-electron chi connectivity index (χ0n) is 12.8. The van der Waals surface area contributed by atoms with E-state index in [-0.39, 0.29) is 0 Å². The molecular formula is C20H19NO2. The molecule has 3 heteroatoms. The number of nitrogens with two attached hydrogens (primary N) is 1. The number of carbonyl (C=O) groups is 1. The minimum atomic E-state index is 0.640. The van der Waals surface area contributed by atoms with Crippen LogP contribution < -0.4 is 10.5 Å². The third-order valence-corrected chi connectivity index (χ3v) is 3.07. The Hall–Kier alpha value is -2.91. The summed E-state index contributed by atoms with van der Waals surface area (Å²) in [5.41, 5.74) is 7.19. The maximum atomic E-state index is 10.4. The molecule has 0 fully saturated rings. The third-order valence-electron chi connectivity index (χ3n) is 3.07. The number of hydrogen-bond acceptors (Lipinski definition) is 3. The van der Waals surface area contributed by atoms with Crippen LogP contribution in [0.1, 0.15) is 15.9 Å². The summed E-state index contributed by atoms with van der Waals surface area (Å²) in [6.45, 7) is 0.640. The molecule has 3 nitrogen and oxygen atoms in total. The van der Waals surface area contributed by atoms with Crippen LogP contribution in [0.15, 0.2) is 84.9 Å². The highest BCUT2D eigenvalue weighted by molar-refractivity contribution is 5.74. The maximum Gasteiger partial charge on any atom is 0.150 e. The second kappa shape index (κ2) is 9.18. The van der Waals surface area contributed by atoms with E-state index in [2.05, 4.69) is 0 Å². The van der Waals surface area contributed by atoms with Crippen LogP contribution in [-0.2, 0) is 6.54 Å². The fraction of sp³-hybridized carbons (Fsp3) is 0.0500. The molecule has 3 rings (SSSR count). The lowest BCUT2D eigenvalue weighted by molar-refractivity contribution is 0.112. The van der Waals surface area contributed by atoms with Gasteiger partial charge in [0, 0.05) is 12.1 Å². The first-order chi connectivity index (χ1) is 11.3. The standard InChI is InChI=1S/C13H10O2.C7H9N/c14-10-11-6-8-13(9-7-11)15-12-4-2-1-3-5-12;8-6-7-4-2-1-3-5-7/h1-10H;1-5H,6,8H2. The molecule has 0 unspecified atom stereocenters. The summed E-state index contributed by atoms with van der Waals surface area (Å²) in [6.07, 6.45) is 0.812. The molecule has 0 aliphatic carbocycles. The highest BCUT2D eigenvalue weighted by atomic mass is 16.5. The van der Waals surface area contributed by atoms with Crippen LogP contribution in [0.25, 0.3) is 0 Å². The minimum absolute atomic E-state index is 0.640. The van der Waals surface area contributed by atoms with Crippen molar-refractivity contribution in [1.29, 1.82) is 0 Å². The lowest BCUT2D eigenvalue weighted by Crippen LogP contribution is -1.94. The van der Waals surface area contributed by atoms with Crippen molar-refractivity contribution in [3.8, 4) is 11.5 Å². The summed E-state index contributed by atoms with van der Waals surface area (Å²) in [4.78, 5) is 10.4. The van der Waals surface area contributed by atoms with Gasteiger partial charge in [0.25, 0.3) is 0 Å². The predicted octanol–water partition coefficient (Wildman–Crippen LogP) is 4.44. The van der Waals surface area contributed by atoms with Gasteiger partial charge >= 0.3 is 0 Å². The van der Waals surface area contributed by atoms with Crippen LogP contribution in [0, 0.1) is 0 Å². The summed E-state index contributed by atoms with van der Waals surface area (Å²) < 4.78 is 5.56. The van der Waals surface area contributed by atoms with Crippen LogP contribution in [0.4, 0.5) is 0 Å². The van der Waals surface area contributed by atoms with Gasteiger partial charge in [0.15, 0.2) is 0 Å². The van der Waals surface area contributed by atoms with Gasteiger partial charge in [-0.25, -0.2) is 0 Å². The molecule has 0 saturated heterocycles. The summed E-state index contributed by atoms with van der Waals surface area (Å²) >= 11 is 0. The Morgan fingerprint density at radius 3 is 1.74 bits per heavy atom. The molecule has 3 aromatic carbocycles. The van der Waals surface area contributed by atoms with E-state index in [0.29, 0.717) is 12.1 Å². The molecule has 0 amide bonds. The van der Waals surface area contributed by atoms with Crippen molar-refractivity contribution >= 4 is 6.29 Å². The number of hydrogen-bond donors (Lipinski definition) is 1. The van der Waals surface area contributed by atoms with Crippen molar-refractivity contribution in [1.82, 2.24) is 0 Å². The first kappa shape index (κ1) is 16.5. The van der Waals surface area contributed by atoms with Gasteiger partial charge in [-0.1, -0.05) is 48.5 Å². The Morgan fingerprint density at radius 2 is 1.26 bits per heavy atom. The minimum Gasteiger partial charge on any atom is -0.457 e. The Bertz CT molecular complexity index is 695. The van der Waals surface area contributed by atoms with Gasteiger partial charge in [0.1, 0.15) is 17.8 Å². The monoisotopic (exact) mass is 305 g/mol. The topological polar surface area (TPSA) is 52.3 Å². The zero-order valence-corrected chi connectivity index (χ0v) is 12.8. The van der Waals surface area contributed by atoms with Crippen LogP contribution >= 0.6 is 0 Å². The molecule has 23 heavy (non-hydrogen) atoms. The molecule has 0 aliphatic rings. The predicted molar refractivity (Wildman–Crippen MR) is 92.7 cm³/mol. The van der Waals surface area contributed by atoms with Gasteiger partial charge in [-0.15, -0.1) is 0 Å². The second-order valence-electron chi connectivity index (χ2n) is 4.79. The summed E-state index contributed by atoms with van der Waals surface area (Å²) in [5.74, 6) is 1.52. The Balaban J connectivity index is 0.000000203. The highest BCUT2D eigenvalue weighted by Gasteiger charge is 1.95. The molecule has 0 aliphatic heterocycles. The fourth-order valence-electron chi connectivity index (χ4n) is 1.85. The normalized spacial score (nSPS) is 9.43. The first-order valence-electron chi connectivity index (χ1n) is 7.34. The van der Waals surface area contributed by atoms with Crippen LogP contribution in [0.5, 0.6) is 11.5 Å². The van der Waals surface area contributed by atoms with Gasteiger partial charge in [0.2, 0.25) is 0 Å². The fourth-order valence-corrected chi connectivity index (χ4v) is 1.85. The maximum absolute atomic E-state index is 10.4. The van der Waals surface area contributed by atoms with Crippen LogP contribution in [0.2, 0.25) is 0 Å². The average Bonchev–Trinajstić information content (AvgIpc) is 2.64. The SMILES string of the molecule is NCc1ccccc1.O=Cc1ccc(Oc2ccccc2)cc1. The first-order valence-corrected chi connectivity index (χ1v) is 7.34. The van der Waals surface area contributed by atoms with E-state index in [9.17, 15) is 4.79 Å². The van der Waals surface area contributed by atoms with Crippen LogP contribution in [-0.4, -0.2) is 6.29 Å². The second-order valence-corrected chi connectivity index (χ2v) is 4.79. The summed E-state index contributed by atoms with van der Waals surface area (Å²) in [7, 11) is 0. The van der Waals surface area contributed by atoms with Crippen LogP contribution in [0.3, 0.4) is 0 Å². The largest absolute Gasteiger partial charge is 0.457 e. The van der Waals surface area contributed by atoms with E-state index in [4.69, 9.17) is 10.5 Å². The molecule has 0 aromatic heterocycles. The number of rotatable bonds is 4. The molecule has 0 atom stereocenters. The molecule has 0 saturated carbocycles. The average molecular weight is 305 g/mol. The van der Waals surface area contributed by atoms with Crippen molar-refractivity contribution < 1.29 is 9.53 Å². The van der Waals surface area contributed by atoms with E-state index < -0.39 is 0 Å². The molecule has 116 valence electrons. The molecule has 2 N–H and O–H groups in total.